The molecular formula is C13H21N3. The Morgan fingerprint density at radius 1 is 1.44 bits per heavy atom. The van der Waals surface area contributed by atoms with Gasteiger partial charge in [0, 0.05) is 25.8 Å². The van der Waals surface area contributed by atoms with E-state index in [1.165, 1.54) is 32.2 Å². The smallest absolute Gasteiger partial charge is 0.128 e. The molecule has 0 radical (unpaired) electrons. The van der Waals surface area contributed by atoms with E-state index in [-0.39, 0.29) is 0 Å². The van der Waals surface area contributed by atoms with E-state index in [0.717, 1.165) is 12.4 Å². The Morgan fingerprint density at radius 3 is 3.06 bits per heavy atom. The summed E-state index contributed by atoms with van der Waals surface area (Å²) in [6.07, 6.45) is 7.12. The van der Waals surface area contributed by atoms with E-state index in [4.69, 9.17) is 0 Å². The lowest BCUT2D eigenvalue weighted by atomic mass is 10.0. The maximum Gasteiger partial charge on any atom is 0.128 e. The molecule has 3 heteroatoms. The van der Waals surface area contributed by atoms with Crippen LogP contribution in [0.25, 0.3) is 0 Å². The van der Waals surface area contributed by atoms with E-state index in [1.54, 1.807) is 0 Å². The summed E-state index contributed by atoms with van der Waals surface area (Å²) >= 11 is 0. The van der Waals surface area contributed by atoms with Gasteiger partial charge < -0.3 is 10.2 Å². The van der Waals surface area contributed by atoms with Crippen LogP contribution < -0.4 is 10.2 Å². The van der Waals surface area contributed by atoms with Gasteiger partial charge in [0.1, 0.15) is 5.82 Å². The lowest BCUT2D eigenvalue weighted by Gasteiger charge is -2.26. The monoisotopic (exact) mass is 219 g/mol. The van der Waals surface area contributed by atoms with Crippen LogP contribution in [0.4, 0.5) is 5.82 Å². The summed E-state index contributed by atoms with van der Waals surface area (Å²) < 4.78 is 0. The molecule has 0 aromatic carbocycles. The summed E-state index contributed by atoms with van der Waals surface area (Å²) in [5, 5.41) is 3.58. The standard InChI is InChI=1S/C13H21N3/c1-16(13-7-3-5-10-15-13)11-8-12-6-2-4-9-14-12/h3,5,7,10,12,14H,2,4,6,8-9,11H2,1H3. The zero-order chi connectivity index (χ0) is 11.2. The first-order valence-corrected chi connectivity index (χ1v) is 6.22. The Hall–Kier alpha value is -1.09. The van der Waals surface area contributed by atoms with E-state index in [2.05, 4.69) is 28.3 Å². The molecule has 0 aliphatic carbocycles. The van der Waals surface area contributed by atoms with E-state index < -0.39 is 0 Å². The van der Waals surface area contributed by atoms with Crippen molar-refractivity contribution >= 4 is 5.82 Å². The normalized spacial score (nSPS) is 20.7. The average Bonchev–Trinajstić information content (AvgIpc) is 2.38. The van der Waals surface area contributed by atoms with Gasteiger partial charge in [-0.25, -0.2) is 4.98 Å². The summed E-state index contributed by atoms with van der Waals surface area (Å²) in [6, 6.07) is 6.77. The number of nitrogens with zero attached hydrogens (tertiary/aromatic N) is 2. The highest BCUT2D eigenvalue weighted by molar-refractivity contribution is 5.36. The number of hydrogen-bond acceptors (Lipinski definition) is 3. The molecule has 1 aliphatic heterocycles. The van der Waals surface area contributed by atoms with E-state index in [9.17, 15) is 0 Å². The Kier molecular flexibility index (Phi) is 4.17. The molecule has 16 heavy (non-hydrogen) atoms. The molecule has 0 amide bonds. The lowest BCUT2D eigenvalue weighted by Crippen LogP contribution is -2.36. The second-order valence-electron chi connectivity index (χ2n) is 4.54. The van der Waals surface area contributed by atoms with Crippen molar-refractivity contribution in [1.82, 2.24) is 10.3 Å². The summed E-state index contributed by atoms with van der Waals surface area (Å²) in [5.41, 5.74) is 0. The fourth-order valence-corrected chi connectivity index (χ4v) is 2.21. The SMILES string of the molecule is CN(CCC1CCCCN1)c1ccccn1. The van der Waals surface area contributed by atoms with Crippen molar-refractivity contribution in [1.29, 1.82) is 0 Å². The maximum absolute atomic E-state index is 4.35. The molecule has 1 saturated heterocycles. The van der Waals surface area contributed by atoms with Crippen molar-refractivity contribution < 1.29 is 0 Å². The van der Waals surface area contributed by atoms with Gasteiger partial charge >= 0.3 is 0 Å². The highest BCUT2D eigenvalue weighted by Gasteiger charge is 2.13. The fourth-order valence-electron chi connectivity index (χ4n) is 2.21. The Balaban J connectivity index is 1.77. The summed E-state index contributed by atoms with van der Waals surface area (Å²) in [7, 11) is 2.12. The molecule has 1 aromatic rings. The van der Waals surface area contributed by atoms with Crippen molar-refractivity contribution in [2.45, 2.75) is 31.7 Å². The van der Waals surface area contributed by atoms with Crippen LogP contribution in [0.3, 0.4) is 0 Å². The molecule has 3 nitrogen and oxygen atoms in total. The molecule has 1 unspecified atom stereocenters. The summed E-state index contributed by atoms with van der Waals surface area (Å²) in [5.74, 6) is 1.07. The van der Waals surface area contributed by atoms with Crippen LogP contribution in [0, 0.1) is 0 Å². The van der Waals surface area contributed by atoms with Crippen LogP contribution in [0.5, 0.6) is 0 Å². The molecule has 88 valence electrons. The van der Waals surface area contributed by atoms with Crippen LogP contribution in [0.1, 0.15) is 25.7 Å². The van der Waals surface area contributed by atoms with Crippen molar-refractivity contribution in [2.75, 3.05) is 25.0 Å². The molecule has 1 atom stereocenters. The number of nitrogens with one attached hydrogen (secondary N) is 1. The van der Waals surface area contributed by atoms with Crippen LogP contribution in [-0.2, 0) is 0 Å². The number of rotatable bonds is 4. The van der Waals surface area contributed by atoms with Gasteiger partial charge in [-0.15, -0.1) is 0 Å². The number of anilines is 1. The van der Waals surface area contributed by atoms with Crippen LogP contribution >= 0.6 is 0 Å². The van der Waals surface area contributed by atoms with Gasteiger partial charge in [-0.3, -0.25) is 0 Å². The first-order chi connectivity index (χ1) is 7.86. The summed E-state index contributed by atoms with van der Waals surface area (Å²) in [4.78, 5) is 6.58. The van der Waals surface area contributed by atoms with E-state index in [1.807, 2.05) is 18.3 Å². The van der Waals surface area contributed by atoms with Crippen LogP contribution in [0.15, 0.2) is 24.4 Å². The lowest BCUT2D eigenvalue weighted by molar-refractivity contribution is 0.384. The molecule has 0 bridgehead atoms. The van der Waals surface area contributed by atoms with Gasteiger partial charge in [-0.2, -0.15) is 0 Å². The zero-order valence-corrected chi connectivity index (χ0v) is 10.0. The average molecular weight is 219 g/mol. The number of hydrogen-bond donors (Lipinski definition) is 1. The minimum absolute atomic E-state index is 0.708. The third-order valence-electron chi connectivity index (χ3n) is 3.27. The number of aromatic nitrogens is 1. The predicted molar refractivity (Wildman–Crippen MR) is 67.8 cm³/mol. The molecule has 2 rings (SSSR count). The first kappa shape index (κ1) is 11.4. The minimum Gasteiger partial charge on any atom is -0.360 e. The van der Waals surface area contributed by atoms with Crippen molar-refractivity contribution in [3.05, 3.63) is 24.4 Å². The minimum atomic E-state index is 0.708. The number of piperidine rings is 1. The second kappa shape index (κ2) is 5.85. The third-order valence-corrected chi connectivity index (χ3v) is 3.27. The quantitative estimate of drug-likeness (QED) is 0.840. The zero-order valence-electron chi connectivity index (χ0n) is 10.0. The Morgan fingerprint density at radius 2 is 2.38 bits per heavy atom. The first-order valence-electron chi connectivity index (χ1n) is 6.22. The van der Waals surface area contributed by atoms with Gasteiger partial charge in [0.15, 0.2) is 0 Å². The molecule has 1 aliphatic rings. The van der Waals surface area contributed by atoms with Crippen molar-refractivity contribution in [3.63, 3.8) is 0 Å². The summed E-state index contributed by atoms with van der Waals surface area (Å²) in [6.45, 7) is 2.27. The largest absolute Gasteiger partial charge is 0.360 e. The van der Waals surface area contributed by atoms with Crippen LogP contribution in [0.2, 0.25) is 0 Å². The molecule has 0 saturated carbocycles. The van der Waals surface area contributed by atoms with Crippen molar-refractivity contribution in [2.24, 2.45) is 0 Å². The second-order valence-corrected chi connectivity index (χ2v) is 4.54. The molecule has 2 heterocycles. The Bertz CT molecular complexity index is 293. The van der Waals surface area contributed by atoms with Crippen molar-refractivity contribution in [3.8, 4) is 0 Å². The highest BCUT2D eigenvalue weighted by Crippen LogP contribution is 2.12. The van der Waals surface area contributed by atoms with Crippen LogP contribution in [-0.4, -0.2) is 31.2 Å². The van der Waals surface area contributed by atoms with Gasteiger partial charge in [0.05, 0.1) is 0 Å². The van der Waals surface area contributed by atoms with E-state index in [0.29, 0.717) is 6.04 Å². The Labute approximate surface area is 97.9 Å². The molecule has 0 spiro atoms. The molecule has 1 aromatic heterocycles. The van der Waals surface area contributed by atoms with Gasteiger partial charge in [-0.1, -0.05) is 12.5 Å². The van der Waals surface area contributed by atoms with E-state index >= 15 is 0 Å². The third kappa shape index (κ3) is 3.20. The topological polar surface area (TPSA) is 28.2 Å². The molecule has 1 fully saturated rings. The van der Waals surface area contributed by atoms with Gasteiger partial charge in [0.25, 0.3) is 0 Å². The predicted octanol–water partition coefficient (Wildman–Crippen LogP) is 2.05. The highest BCUT2D eigenvalue weighted by atomic mass is 15.2. The fraction of sp³-hybridized carbons (Fsp3) is 0.615. The van der Waals surface area contributed by atoms with Gasteiger partial charge in [-0.05, 0) is 37.9 Å². The van der Waals surface area contributed by atoms with Gasteiger partial charge in [0.2, 0.25) is 0 Å². The molecular weight excluding hydrogens is 198 g/mol. The molecule has 1 N–H and O–H groups in total. The number of pyridine rings is 1. The maximum atomic E-state index is 4.35.